The van der Waals surface area contributed by atoms with Crippen molar-refractivity contribution in [3.63, 3.8) is 0 Å². The number of rotatable bonds is 6. The fraction of sp³-hybridized carbons (Fsp3) is 0.208. The molecular weight excluding hydrogens is 390 g/mol. The van der Waals surface area contributed by atoms with Gasteiger partial charge in [-0.2, -0.15) is 0 Å². The Balaban J connectivity index is 1.56. The number of nitrogens with one attached hydrogen (secondary N) is 2. The average Bonchev–Trinajstić information content (AvgIpc) is 2.80. The number of hydrogen-bond acceptors (Lipinski definition) is 6. The fourth-order valence-electron chi connectivity index (χ4n) is 3.45. The Kier molecular flexibility index (Phi) is 6.54. The van der Waals surface area contributed by atoms with Crippen molar-refractivity contribution in [2.75, 3.05) is 41.8 Å². The minimum atomic E-state index is -0.163. The third kappa shape index (κ3) is 5.26. The Morgan fingerprint density at radius 2 is 1.94 bits per heavy atom. The van der Waals surface area contributed by atoms with Crippen molar-refractivity contribution in [3.05, 3.63) is 72.9 Å². The Hall–Kier alpha value is -3.71. The molecular formula is C24H25N5O2. The van der Waals surface area contributed by atoms with Crippen LogP contribution in [0.25, 0.3) is 11.3 Å². The average molecular weight is 415 g/mol. The Labute approximate surface area is 181 Å². The zero-order chi connectivity index (χ0) is 21.5. The maximum atomic E-state index is 11.8. The lowest BCUT2D eigenvalue weighted by molar-refractivity contribution is -0.111. The topological polar surface area (TPSA) is 79.4 Å². The van der Waals surface area contributed by atoms with Crippen molar-refractivity contribution in [1.82, 2.24) is 9.97 Å². The van der Waals surface area contributed by atoms with Crippen LogP contribution in [-0.4, -0.2) is 42.2 Å². The molecule has 7 heteroatoms. The molecule has 0 atom stereocenters. The molecule has 0 spiro atoms. The van der Waals surface area contributed by atoms with Crippen LogP contribution in [0.3, 0.4) is 0 Å². The van der Waals surface area contributed by atoms with Crippen molar-refractivity contribution >= 4 is 28.9 Å². The molecule has 2 heterocycles. The molecule has 2 aromatic carbocycles. The van der Waals surface area contributed by atoms with E-state index in [2.05, 4.69) is 31.6 Å². The highest BCUT2D eigenvalue weighted by Gasteiger charge is 2.15. The molecule has 158 valence electrons. The van der Waals surface area contributed by atoms with Gasteiger partial charge >= 0.3 is 0 Å². The van der Waals surface area contributed by atoms with Gasteiger partial charge in [0.25, 0.3) is 0 Å². The molecule has 1 aliphatic heterocycles. The molecule has 0 bridgehead atoms. The number of aromatic nitrogens is 2. The molecule has 4 rings (SSSR count). The van der Waals surface area contributed by atoms with E-state index < -0.39 is 0 Å². The monoisotopic (exact) mass is 415 g/mol. The van der Waals surface area contributed by atoms with Gasteiger partial charge in [-0.15, -0.1) is 0 Å². The molecule has 31 heavy (non-hydrogen) atoms. The van der Waals surface area contributed by atoms with E-state index in [9.17, 15) is 4.79 Å². The van der Waals surface area contributed by atoms with Crippen LogP contribution < -0.4 is 15.5 Å². The predicted molar refractivity (Wildman–Crippen MR) is 124 cm³/mol. The molecule has 3 aromatic rings. The molecule has 7 nitrogen and oxygen atoms in total. The minimum Gasteiger partial charge on any atom is -0.378 e. The number of amides is 1. The number of morpholine rings is 1. The van der Waals surface area contributed by atoms with Gasteiger partial charge in [0.2, 0.25) is 11.9 Å². The van der Waals surface area contributed by atoms with Gasteiger partial charge in [0.15, 0.2) is 0 Å². The SMILES string of the molecule is CC=CC(=O)Nc1cccc(-c2ccnc(Nc3ccccc3N3CCOCC3)n2)c1. The molecule has 1 aliphatic rings. The van der Waals surface area contributed by atoms with Crippen molar-refractivity contribution in [1.29, 1.82) is 0 Å². The van der Waals surface area contributed by atoms with E-state index in [1.807, 2.05) is 55.5 Å². The van der Waals surface area contributed by atoms with E-state index >= 15 is 0 Å². The van der Waals surface area contributed by atoms with Crippen LogP contribution in [0, 0.1) is 0 Å². The first-order chi connectivity index (χ1) is 15.2. The lowest BCUT2D eigenvalue weighted by atomic mass is 10.1. The van der Waals surface area contributed by atoms with Crippen LogP contribution in [-0.2, 0) is 9.53 Å². The lowest BCUT2D eigenvalue weighted by Crippen LogP contribution is -2.36. The van der Waals surface area contributed by atoms with E-state index in [1.165, 1.54) is 6.08 Å². The maximum absolute atomic E-state index is 11.8. The summed E-state index contributed by atoms with van der Waals surface area (Å²) >= 11 is 0. The van der Waals surface area contributed by atoms with Crippen molar-refractivity contribution in [3.8, 4) is 11.3 Å². The summed E-state index contributed by atoms with van der Waals surface area (Å²) in [4.78, 5) is 23.2. The first kappa shape index (κ1) is 20.6. The number of benzene rings is 2. The van der Waals surface area contributed by atoms with E-state index in [-0.39, 0.29) is 5.91 Å². The molecule has 1 fully saturated rings. The van der Waals surface area contributed by atoms with Crippen molar-refractivity contribution < 1.29 is 9.53 Å². The van der Waals surface area contributed by atoms with E-state index in [4.69, 9.17) is 4.74 Å². The number of para-hydroxylation sites is 2. The summed E-state index contributed by atoms with van der Waals surface area (Å²) < 4.78 is 5.47. The van der Waals surface area contributed by atoms with Gasteiger partial charge in [0.05, 0.1) is 30.3 Å². The second kappa shape index (κ2) is 9.86. The van der Waals surface area contributed by atoms with Crippen LogP contribution >= 0.6 is 0 Å². The van der Waals surface area contributed by atoms with Crippen LogP contribution in [0.15, 0.2) is 72.9 Å². The predicted octanol–water partition coefficient (Wildman–Crippen LogP) is 4.24. The summed E-state index contributed by atoms with van der Waals surface area (Å²) in [7, 11) is 0. The molecule has 0 saturated carbocycles. The zero-order valence-corrected chi connectivity index (χ0v) is 17.4. The number of allylic oxidation sites excluding steroid dienone is 1. The Morgan fingerprint density at radius 1 is 1.10 bits per heavy atom. The van der Waals surface area contributed by atoms with Crippen molar-refractivity contribution in [2.45, 2.75) is 6.92 Å². The fourth-order valence-corrected chi connectivity index (χ4v) is 3.45. The van der Waals surface area contributed by atoms with Crippen LogP contribution in [0.2, 0.25) is 0 Å². The van der Waals surface area contributed by atoms with Gasteiger partial charge in [-0.3, -0.25) is 4.79 Å². The molecule has 1 aromatic heterocycles. The summed E-state index contributed by atoms with van der Waals surface area (Å²) in [5, 5.41) is 6.21. The minimum absolute atomic E-state index is 0.163. The quantitative estimate of drug-likeness (QED) is 0.587. The molecule has 0 aliphatic carbocycles. The number of carbonyl (C=O) groups is 1. The Morgan fingerprint density at radius 3 is 2.77 bits per heavy atom. The summed E-state index contributed by atoms with van der Waals surface area (Å²) in [6, 6.07) is 17.6. The second-order valence-electron chi connectivity index (χ2n) is 7.08. The number of ether oxygens (including phenoxy) is 1. The number of anilines is 4. The van der Waals surface area contributed by atoms with E-state index in [0.29, 0.717) is 11.6 Å². The first-order valence-electron chi connectivity index (χ1n) is 10.3. The van der Waals surface area contributed by atoms with Gasteiger partial charge < -0.3 is 20.3 Å². The summed E-state index contributed by atoms with van der Waals surface area (Å²) in [5.41, 5.74) is 4.43. The smallest absolute Gasteiger partial charge is 0.248 e. The zero-order valence-electron chi connectivity index (χ0n) is 17.4. The highest BCUT2D eigenvalue weighted by atomic mass is 16.5. The normalized spacial score (nSPS) is 13.9. The van der Waals surface area contributed by atoms with E-state index in [1.54, 1.807) is 12.3 Å². The van der Waals surface area contributed by atoms with Gasteiger partial charge in [0, 0.05) is 30.5 Å². The van der Waals surface area contributed by atoms with Gasteiger partial charge in [0.1, 0.15) is 0 Å². The maximum Gasteiger partial charge on any atom is 0.248 e. The number of carbonyl (C=O) groups excluding carboxylic acids is 1. The van der Waals surface area contributed by atoms with Gasteiger partial charge in [-0.25, -0.2) is 9.97 Å². The van der Waals surface area contributed by atoms with Gasteiger partial charge in [-0.1, -0.05) is 30.3 Å². The summed E-state index contributed by atoms with van der Waals surface area (Å²) in [6.45, 7) is 4.96. The highest BCUT2D eigenvalue weighted by molar-refractivity contribution is 5.99. The van der Waals surface area contributed by atoms with Crippen LogP contribution in [0.5, 0.6) is 0 Å². The lowest BCUT2D eigenvalue weighted by Gasteiger charge is -2.30. The number of nitrogens with zero attached hydrogens (tertiary/aromatic N) is 3. The second-order valence-corrected chi connectivity index (χ2v) is 7.08. The highest BCUT2D eigenvalue weighted by Crippen LogP contribution is 2.29. The van der Waals surface area contributed by atoms with Crippen LogP contribution in [0.1, 0.15) is 6.92 Å². The summed E-state index contributed by atoms with van der Waals surface area (Å²) in [6.07, 6.45) is 4.93. The summed E-state index contributed by atoms with van der Waals surface area (Å²) in [5.74, 6) is 0.353. The standard InChI is InChI=1S/C24H25N5O2/c1-2-6-23(30)26-19-8-5-7-18(17-19)20-11-12-25-24(27-20)28-21-9-3-4-10-22(21)29-13-15-31-16-14-29/h2-12,17H,13-16H2,1H3,(H,26,30)(H,25,27,28). The molecule has 0 radical (unpaired) electrons. The Bertz CT molecular complexity index is 1080. The van der Waals surface area contributed by atoms with E-state index in [0.717, 1.165) is 48.9 Å². The third-order valence-corrected chi connectivity index (χ3v) is 4.90. The first-order valence-corrected chi connectivity index (χ1v) is 10.3. The van der Waals surface area contributed by atoms with Crippen LogP contribution in [0.4, 0.5) is 23.0 Å². The largest absolute Gasteiger partial charge is 0.378 e. The third-order valence-electron chi connectivity index (χ3n) is 4.90. The number of hydrogen-bond donors (Lipinski definition) is 2. The van der Waals surface area contributed by atoms with Gasteiger partial charge in [-0.05, 0) is 43.3 Å². The molecule has 1 amide bonds. The molecule has 2 N–H and O–H groups in total. The molecule has 0 unspecified atom stereocenters. The molecule has 1 saturated heterocycles. The van der Waals surface area contributed by atoms with Crippen molar-refractivity contribution in [2.24, 2.45) is 0 Å².